The molecular weight excluding hydrogens is 238 g/mol. The normalized spacial score (nSPS) is 10.5. The number of aromatic nitrogens is 3. The van der Waals surface area contributed by atoms with Crippen LogP contribution in [0.3, 0.4) is 0 Å². The molecule has 0 aromatic carbocycles. The predicted molar refractivity (Wildman–Crippen MR) is 66.9 cm³/mol. The van der Waals surface area contributed by atoms with Crippen molar-refractivity contribution in [1.29, 1.82) is 0 Å². The SMILES string of the molecule is Cc1nc(NC(=O)Cn2cc(N)cn2)sc1C. The van der Waals surface area contributed by atoms with E-state index in [1.807, 2.05) is 13.8 Å². The Bertz CT molecular complexity index is 525. The Morgan fingerprint density at radius 1 is 1.59 bits per heavy atom. The summed E-state index contributed by atoms with van der Waals surface area (Å²) in [5.41, 5.74) is 6.98. The van der Waals surface area contributed by atoms with Gasteiger partial charge in [0, 0.05) is 11.1 Å². The number of carbonyl (C=O) groups excluding carboxylic acids is 1. The first-order chi connectivity index (χ1) is 8.04. The number of anilines is 2. The summed E-state index contributed by atoms with van der Waals surface area (Å²) < 4.78 is 1.48. The van der Waals surface area contributed by atoms with Crippen molar-refractivity contribution >= 4 is 28.1 Å². The van der Waals surface area contributed by atoms with Crippen molar-refractivity contribution in [2.45, 2.75) is 20.4 Å². The molecule has 0 aliphatic heterocycles. The van der Waals surface area contributed by atoms with Crippen LogP contribution in [0.5, 0.6) is 0 Å². The van der Waals surface area contributed by atoms with Gasteiger partial charge in [-0.1, -0.05) is 0 Å². The molecule has 7 heteroatoms. The maximum Gasteiger partial charge on any atom is 0.247 e. The van der Waals surface area contributed by atoms with Crippen LogP contribution in [0.2, 0.25) is 0 Å². The molecule has 3 N–H and O–H groups in total. The first-order valence-electron chi connectivity index (χ1n) is 5.06. The van der Waals surface area contributed by atoms with Gasteiger partial charge in [0.1, 0.15) is 6.54 Å². The van der Waals surface area contributed by atoms with Crippen molar-refractivity contribution in [1.82, 2.24) is 14.8 Å². The Balaban J connectivity index is 1.97. The number of hydrogen-bond acceptors (Lipinski definition) is 5. The van der Waals surface area contributed by atoms with Gasteiger partial charge in [0.2, 0.25) is 5.91 Å². The lowest BCUT2D eigenvalue weighted by atomic mass is 10.4. The van der Waals surface area contributed by atoms with Crippen LogP contribution >= 0.6 is 11.3 Å². The third kappa shape index (κ3) is 2.82. The summed E-state index contributed by atoms with van der Waals surface area (Å²) in [6, 6.07) is 0. The number of hydrogen-bond donors (Lipinski definition) is 2. The lowest BCUT2D eigenvalue weighted by Crippen LogP contribution is -2.18. The number of nitrogen functional groups attached to an aromatic ring is 1. The average Bonchev–Trinajstić information content (AvgIpc) is 2.75. The molecule has 0 bridgehead atoms. The van der Waals surface area contributed by atoms with E-state index >= 15 is 0 Å². The van der Waals surface area contributed by atoms with Crippen molar-refractivity contribution in [3.8, 4) is 0 Å². The number of thiazole rings is 1. The summed E-state index contributed by atoms with van der Waals surface area (Å²) in [5.74, 6) is -0.165. The van der Waals surface area contributed by atoms with Crippen molar-refractivity contribution in [3.05, 3.63) is 23.0 Å². The van der Waals surface area contributed by atoms with Gasteiger partial charge in [-0.3, -0.25) is 9.48 Å². The van der Waals surface area contributed by atoms with Crippen LogP contribution in [-0.2, 0) is 11.3 Å². The van der Waals surface area contributed by atoms with Gasteiger partial charge >= 0.3 is 0 Å². The van der Waals surface area contributed by atoms with Crippen LogP contribution < -0.4 is 11.1 Å². The molecule has 0 fully saturated rings. The Morgan fingerprint density at radius 2 is 2.35 bits per heavy atom. The summed E-state index contributed by atoms with van der Waals surface area (Å²) in [7, 11) is 0. The molecular formula is C10H13N5OS. The number of rotatable bonds is 3. The molecule has 2 aromatic heterocycles. The number of nitrogens with two attached hydrogens (primary N) is 1. The summed E-state index contributed by atoms with van der Waals surface area (Å²) in [6.07, 6.45) is 3.11. The second kappa shape index (κ2) is 4.54. The fourth-order valence-corrected chi connectivity index (χ4v) is 2.13. The van der Waals surface area contributed by atoms with Crippen molar-refractivity contribution < 1.29 is 4.79 Å². The molecule has 0 unspecified atom stereocenters. The molecule has 0 radical (unpaired) electrons. The lowest BCUT2D eigenvalue weighted by Gasteiger charge is -2.01. The van der Waals surface area contributed by atoms with Crippen molar-refractivity contribution in [2.75, 3.05) is 11.1 Å². The van der Waals surface area contributed by atoms with Gasteiger partial charge in [-0.2, -0.15) is 5.10 Å². The van der Waals surface area contributed by atoms with E-state index in [0.29, 0.717) is 10.8 Å². The highest BCUT2D eigenvalue weighted by molar-refractivity contribution is 7.15. The zero-order chi connectivity index (χ0) is 12.4. The molecule has 0 spiro atoms. The minimum Gasteiger partial charge on any atom is -0.396 e. The number of carbonyl (C=O) groups is 1. The fraction of sp³-hybridized carbons (Fsp3) is 0.300. The van der Waals surface area contributed by atoms with Crippen LogP contribution in [0.1, 0.15) is 10.6 Å². The van der Waals surface area contributed by atoms with Gasteiger partial charge in [-0.05, 0) is 13.8 Å². The molecule has 0 aliphatic rings. The second-order valence-electron chi connectivity index (χ2n) is 3.68. The zero-order valence-electron chi connectivity index (χ0n) is 9.60. The van der Waals surface area contributed by atoms with Crippen LogP contribution in [0.25, 0.3) is 0 Å². The maximum atomic E-state index is 11.7. The van der Waals surface area contributed by atoms with Crippen molar-refractivity contribution in [2.24, 2.45) is 0 Å². The maximum absolute atomic E-state index is 11.7. The molecule has 0 saturated carbocycles. The molecule has 6 nitrogen and oxygen atoms in total. The van der Waals surface area contributed by atoms with E-state index < -0.39 is 0 Å². The largest absolute Gasteiger partial charge is 0.396 e. The van der Waals surface area contributed by atoms with Gasteiger partial charge in [0.05, 0.1) is 17.6 Å². The van der Waals surface area contributed by atoms with E-state index in [4.69, 9.17) is 5.73 Å². The molecule has 1 amide bonds. The van der Waals surface area contributed by atoms with Gasteiger partial charge in [0.25, 0.3) is 0 Å². The molecule has 2 rings (SSSR count). The minimum atomic E-state index is -0.165. The van der Waals surface area contributed by atoms with E-state index in [2.05, 4.69) is 15.4 Å². The Hall–Kier alpha value is -1.89. The van der Waals surface area contributed by atoms with Crippen LogP contribution in [0.4, 0.5) is 10.8 Å². The van der Waals surface area contributed by atoms with Gasteiger partial charge in [-0.15, -0.1) is 11.3 Å². The Morgan fingerprint density at radius 3 is 2.88 bits per heavy atom. The topological polar surface area (TPSA) is 85.8 Å². The molecule has 90 valence electrons. The van der Waals surface area contributed by atoms with Gasteiger partial charge in [0.15, 0.2) is 5.13 Å². The van der Waals surface area contributed by atoms with E-state index in [-0.39, 0.29) is 12.5 Å². The number of nitrogens with zero attached hydrogens (tertiary/aromatic N) is 3. The predicted octanol–water partition coefficient (Wildman–Crippen LogP) is 1.18. The fourth-order valence-electron chi connectivity index (χ4n) is 1.30. The van der Waals surface area contributed by atoms with Crippen molar-refractivity contribution in [3.63, 3.8) is 0 Å². The first kappa shape index (κ1) is 11.6. The van der Waals surface area contributed by atoms with Gasteiger partial charge < -0.3 is 11.1 Å². The Labute approximate surface area is 102 Å². The van der Waals surface area contributed by atoms with Gasteiger partial charge in [-0.25, -0.2) is 4.98 Å². The van der Waals surface area contributed by atoms with Crippen LogP contribution in [0, 0.1) is 13.8 Å². The highest BCUT2D eigenvalue weighted by atomic mass is 32.1. The molecule has 2 aromatic rings. The highest BCUT2D eigenvalue weighted by Gasteiger charge is 2.08. The molecule has 17 heavy (non-hydrogen) atoms. The third-order valence-corrected chi connectivity index (χ3v) is 3.22. The second-order valence-corrected chi connectivity index (χ2v) is 4.88. The summed E-state index contributed by atoms with van der Waals surface area (Å²) >= 11 is 1.46. The monoisotopic (exact) mass is 251 g/mol. The minimum absolute atomic E-state index is 0.134. The highest BCUT2D eigenvalue weighted by Crippen LogP contribution is 2.20. The molecule has 0 aliphatic carbocycles. The summed E-state index contributed by atoms with van der Waals surface area (Å²) in [6.45, 7) is 4.02. The summed E-state index contributed by atoms with van der Waals surface area (Å²) in [5, 5.41) is 7.28. The smallest absolute Gasteiger partial charge is 0.247 e. The van der Waals surface area contributed by atoms with Crippen LogP contribution in [-0.4, -0.2) is 20.7 Å². The number of amides is 1. The quantitative estimate of drug-likeness (QED) is 0.857. The summed E-state index contributed by atoms with van der Waals surface area (Å²) in [4.78, 5) is 17.0. The lowest BCUT2D eigenvalue weighted by molar-refractivity contribution is -0.116. The molecule has 0 atom stereocenters. The first-order valence-corrected chi connectivity index (χ1v) is 5.88. The standard InChI is InChI=1S/C10H13N5OS/c1-6-7(2)17-10(13-6)14-9(16)5-15-4-8(11)3-12-15/h3-4H,5,11H2,1-2H3,(H,13,14,16). The zero-order valence-corrected chi connectivity index (χ0v) is 10.4. The Kier molecular flexibility index (Phi) is 3.10. The molecule has 2 heterocycles. The molecule has 0 saturated heterocycles. The van der Waals surface area contributed by atoms with E-state index in [0.717, 1.165) is 10.6 Å². The number of aryl methyl sites for hydroxylation is 2. The van der Waals surface area contributed by atoms with E-state index in [1.54, 1.807) is 6.20 Å². The number of nitrogens with one attached hydrogen (secondary N) is 1. The van der Waals surface area contributed by atoms with Crippen LogP contribution in [0.15, 0.2) is 12.4 Å². The van der Waals surface area contributed by atoms with E-state index in [1.165, 1.54) is 22.2 Å². The average molecular weight is 251 g/mol. The third-order valence-electron chi connectivity index (χ3n) is 2.23. The van der Waals surface area contributed by atoms with E-state index in [9.17, 15) is 4.79 Å².